The lowest BCUT2D eigenvalue weighted by Gasteiger charge is -2.18. The molecular weight excluding hydrogens is 388 g/mol. The molecule has 2 aromatic carbocycles. The van der Waals surface area contributed by atoms with E-state index in [-0.39, 0.29) is 5.91 Å². The van der Waals surface area contributed by atoms with Crippen molar-refractivity contribution in [3.8, 4) is 17.3 Å². The number of ether oxygens (including phenoxy) is 1. The summed E-state index contributed by atoms with van der Waals surface area (Å²) in [6, 6.07) is 20.0. The van der Waals surface area contributed by atoms with Gasteiger partial charge in [0.15, 0.2) is 0 Å². The molecule has 1 aliphatic rings. The molecule has 0 atom stereocenters. The molecule has 0 radical (unpaired) electrons. The van der Waals surface area contributed by atoms with Gasteiger partial charge in [0, 0.05) is 18.0 Å². The predicted octanol–water partition coefficient (Wildman–Crippen LogP) is 4.06. The van der Waals surface area contributed by atoms with Crippen molar-refractivity contribution in [1.29, 1.82) is 0 Å². The standard InChI is InChI=1S/C25H24N4O2/c1-18-6-5-7-20(14-18)29-25(27-12-3-4-13-27)22-16-28(17-23(22)26-29)24(30)15-19-8-10-21(31-2)11-9-19/h3-14H,15-17H2,1-2H3. The molecule has 31 heavy (non-hydrogen) atoms. The van der Waals surface area contributed by atoms with Crippen LogP contribution in [0, 0.1) is 6.92 Å². The van der Waals surface area contributed by atoms with Crippen LogP contribution < -0.4 is 4.74 Å². The summed E-state index contributed by atoms with van der Waals surface area (Å²) in [7, 11) is 1.64. The van der Waals surface area contributed by atoms with Gasteiger partial charge in [-0.2, -0.15) is 5.10 Å². The second-order valence-electron chi connectivity index (χ2n) is 7.86. The van der Waals surface area contributed by atoms with Gasteiger partial charge in [0.1, 0.15) is 11.6 Å². The lowest BCUT2D eigenvalue weighted by molar-refractivity contribution is -0.131. The molecule has 2 aromatic heterocycles. The molecule has 0 aliphatic carbocycles. The average Bonchev–Trinajstić information content (AvgIpc) is 3.50. The van der Waals surface area contributed by atoms with Crippen LogP contribution in [0.25, 0.3) is 11.5 Å². The average molecular weight is 412 g/mol. The van der Waals surface area contributed by atoms with E-state index in [1.807, 2.05) is 64.4 Å². The van der Waals surface area contributed by atoms with E-state index in [0.717, 1.165) is 34.1 Å². The largest absolute Gasteiger partial charge is 0.497 e. The van der Waals surface area contributed by atoms with Crippen LogP contribution in [0.1, 0.15) is 22.4 Å². The minimum atomic E-state index is 0.101. The maximum Gasteiger partial charge on any atom is 0.227 e. The molecule has 1 amide bonds. The maximum atomic E-state index is 13.0. The van der Waals surface area contributed by atoms with E-state index in [1.54, 1.807) is 7.11 Å². The van der Waals surface area contributed by atoms with E-state index >= 15 is 0 Å². The molecular formula is C25H24N4O2. The highest BCUT2D eigenvalue weighted by molar-refractivity contribution is 5.79. The van der Waals surface area contributed by atoms with E-state index in [4.69, 9.17) is 9.84 Å². The van der Waals surface area contributed by atoms with Crippen LogP contribution in [0.3, 0.4) is 0 Å². The number of carbonyl (C=O) groups is 1. The number of methoxy groups -OCH3 is 1. The second-order valence-corrected chi connectivity index (χ2v) is 7.86. The zero-order valence-electron chi connectivity index (χ0n) is 17.7. The number of aryl methyl sites for hydroxylation is 1. The monoisotopic (exact) mass is 412 g/mol. The summed E-state index contributed by atoms with van der Waals surface area (Å²) in [5.41, 5.74) is 5.23. The molecule has 0 unspecified atom stereocenters. The Labute approximate surface area is 181 Å². The Balaban J connectivity index is 1.43. The third-order valence-electron chi connectivity index (χ3n) is 5.69. The van der Waals surface area contributed by atoms with Crippen molar-refractivity contribution < 1.29 is 9.53 Å². The van der Waals surface area contributed by atoms with Gasteiger partial charge in [0.05, 0.1) is 38.0 Å². The number of fused-ring (bicyclic) bond motifs is 1. The highest BCUT2D eigenvalue weighted by atomic mass is 16.5. The molecule has 0 saturated carbocycles. The fourth-order valence-corrected chi connectivity index (χ4v) is 4.09. The third-order valence-corrected chi connectivity index (χ3v) is 5.69. The van der Waals surface area contributed by atoms with Crippen molar-refractivity contribution >= 4 is 5.91 Å². The van der Waals surface area contributed by atoms with Crippen molar-refractivity contribution in [3.05, 3.63) is 95.4 Å². The lowest BCUT2D eigenvalue weighted by atomic mass is 10.1. The Morgan fingerprint density at radius 2 is 1.81 bits per heavy atom. The topological polar surface area (TPSA) is 52.3 Å². The Hall–Kier alpha value is -3.80. The molecule has 3 heterocycles. The van der Waals surface area contributed by atoms with Crippen molar-refractivity contribution in [2.45, 2.75) is 26.4 Å². The molecule has 6 nitrogen and oxygen atoms in total. The smallest absolute Gasteiger partial charge is 0.227 e. The molecule has 0 saturated heterocycles. The molecule has 0 fully saturated rings. The number of rotatable bonds is 5. The first-order valence-electron chi connectivity index (χ1n) is 10.3. The van der Waals surface area contributed by atoms with Crippen LogP contribution in [-0.2, 0) is 24.3 Å². The van der Waals surface area contributed by atoms with E-state index in [2.05, 4.69) is 29.7 Å². The summed E-state index contributed by atoms with van der Waals surface area (Å²) >= 11 is 0. The highest BCUT2D eigenvalue weighted by Crippen LogP contribution is 2.31. The SMILES string of the molecule is COc1ccc(CC(=O)N2Cc3nn(-c4cccc(C)c4)c(-n4cccc4)c3C2)cc1. The van der Waals surface area contributed by atoms with E-state index < -0.39 is 0 Å². The molecule has 1 aliphatic heterocycles. The van der Waals surface area contributed by atoms with Gasteiger partial charge < -0.3 is 14.2 Å². The maximum absolute atomic E-state index is 13.0. The number of hydrogen-bond acceptors (Lipinski definition) is 3. The summed E-state index contributed by atoms with van der Waals surface area (Å²) in [5, 5.41) is 4.91. The normalized spacial score (nSPS) is 12.8. The molecule has 6 heteroatoms. The highest BCUT2D eigenvalue weighted by Gasteiger charge is 2.31. The summed E-state index contributed by atoms with van der Waals surface area (Å²) in [4.78, 5) is 14.9. The Morgan fingerprint density at radius 3 is 2.52 bits per heavy atom. The zero-order valence-corrected chi connectivity index (χ0v) is 17.7. The Kier molecular flexibility index (Phi) is 4.82. The van der Waals surface area contributed by atoms with Crippen molar-refractivity contribution in [1.82, 2.24) is 19.2 Å². The third kappa shape index (κ3) is 3.61. The molecule has 156 valence electrons. The van der Waals surface area contributed by atoms with Crippen LogP contribution in [0.4, 0.5) is 0 Å². The molecule has 0 bridgehead atoms. The van der Waals surface area contributed by atoms with Crippen LogP contribution in [-0.4, -0.2) is 32.3 Å². The van der Waals surface area contributed by atoms with Gasteiger partial charge >= 0.3 is 0 Å². The van der Waals surface area contributed by atoms with Gasteiger partial charge in [-0.05, 0) is 54.4 Å². The van der Waals surface area contributed by atoms with Gasteiger partial charge in [0.2, 0.25) is 5.91 Å². The number of carbonyl (C=O) groups excluding carboxylic acids is 1. The van der Waals surface area contributed by atoms with Gasteiger partial charge in [-0.1, -0.05) is 24.3 Å². The molecule has 0 spiro atoms. The number of aromatic nitrogens is 3. The summed E-state index contributed by atoms with van der Waals surface area (Å²) < 4.78 is 9.27. The first-order valence-corrected chi connectivity index (χ1v) is 10.3. The van der Waals surface area contributed by atoms with Gasteiger partial charge in [-0.15, -0.1) is 0 Å². The number of benzene rings is 2. The molecule has 4 aromatic rings. The summed E-state index contributed by atoms with van der Waals surface area (Å²) in [5.74, 6) is 1.88. The quantitative estimate of drug-likeness (QED) is 0.497. The zero-order chi connectivity index (χ0) is 21.4. The minimum Gasteiger partial charge on any atom is -0.497 e. The van der Waals surface area contributed by atoms with E-state index in [0.29, 0.717) is 19.5 Å². The fourth-order valence-electron chi connectivity index (χ4n) is 4.09. The Bertz CT molecular complexity index is 1220. The first-order chi connectivity index (χ1) is 15.1. The van der Waals surface area contributed by atoms with Crippen molar-refractivity contribution in [2.24, 2.45) is 0 Å². The predicted molar refractivity (Wildman–Crippen MR) is 119 cm³/mol. The van der Waals surface area contributed by atoms with Gasteiger partial charge in [-0.3, -0.25) is 4.79 Å². The van der Waals surface area contributed by atoms with Crippen molar-refractivity contribution in [2.75, 3.05) is 7.11 Å². The van der Waals surface area contributed by atoms with Gasteiger partial charge in [0.25, 0.3) is 0 Å². The summed E-state index contributed by atoms with van der Waals surface area (Å²) in [6.07, 6.45) is 4.40. The Morgan fingerprint density at radius 1 is 1.03 bits per heavy atom. The molecule has 5 rings (SSSR count). The first kappa shape index (κ1) is 19.2. The van der Waals surface area contributed by atoms with Crippen LogP contribution >= 0.6 is 0 Å². The van der Waals surface area contributed by atoms with Gasteiger partial charge in [-0.25, -0.2) is 4.68 Å². The number of nitrogens with zero attached hydrogens (tertiary/aromatic N) is 4. The van der Waals surface area contributed by atoms with Crippen LogP contribution in [0.5, 0.6) is 5.75 Å². The lowest BCUT2D eigenvalue weighted by Crippen LogP contribution is -2.27. The van der Waals surface area contributed by atoms with E-state index in [1.165, 1.54) is 5.56 Å². The molecule has 0 N–H and O–H groups in total. The van der Waals surface area contributed by atoms with E-state index in [9.17, 15) is 4.79 Å². The van der Waals surface area contributed by atoms with Crippen LogP contribution in [0.15, 0.2) is 73.1 Å². The fraction of sp³-hybridized carbons (Fsp3) is 0.200. The van der Waals surface area contributed by atoms with Crippen LogP contribution in [0.2, 0.25) is 0 Å². The number of hydrogen-bond donors (Lipinski definition) is 0. The number of amides is 1. The second kappa shape index (κ2) is 7.80. The minimum absolute atomic E-state index is 0.101. The summed E-state index contributed by atoms with van der Waals surface area (Å²) in [6.45, 7) is 3.16. The van der Waals surface area contributed by atoms with Crippen molar-refractivity contribution in [3.63, 3.8) is 0 Å².